The van der Waals surface area contributed by atoms with Crippen LogP contribution in [0, 0.1) is 6.92 Å². The van der Waals surface area contributed by atoms with Gasteiger partial charge in [-0.1, -0.05) is 18.2 Å². The van der Waals surface area contributed by atoms with Crippen molar-refractivity contribution in [3.05, 3.63) is 64.5 Å². The lowest BCUT2D eigenvalue weighted by Gasteiger charge is -2.44. The number of hydrogen-bond acceptors (Lipinski definition) is 4. The minimum absolute atomic E-state index is 0.0529. The predicted octanol–water partition coefficient (Wildman–Crippen LogP) is 4.16. The highest BCUT2D eigenvalue weighted by Crippen LogP contribution is 2.41. The molecule has 0 unspecified atom stereocenters. The number of fused-ring (bicyclic) bond motifs is 4. The fourth-order valence-electron chi connectivity index (χ4n) is 5.67. The van der Waals surface area contributed by atoms with Crippen LogP contribution in [0.2, 0.25) is 0 Å². The monoisotopic (exact) mass is 455 g/mol. The van der Waals surface area contributed by atoms with Crippen LogP contribution < -0.4 is 5.32 Å². The Bertz CT molecular complexity index is 1320. The maximum absolute atomic E-state index is 13.7. The quantitative estimate of drug-likeness (QED) is 0.738. The molecule has 7 nitrogen and oxygen atoms in total. The number of piperidine rings is 1. The Hall–Kier alpha value is -3.48. The highest BCUT2D eigenvalue weighted by Gasteiger charge is 2.43. The van der Waals surface area contributed by atoms with E-state index >= 15 is 0 Å². The first kappa shape index (κ1) is 21.1. The number of allylic oxidation sites excluding steroid dienone is 4. The van der Waals surface area contributed by atoms with Crippen LogP contribution in [-0.2, 0) is 6.42 Å². The maximum Gasteiger partial charge on any atom is 0.272 e. The molecule has 3 aliphatic heterocycles. The highest BCUT2D eigenvalue weighted by atomic mass is 16.2. The first-order valence-corrected chi connectivity index (χ1v) is 12.1. The molecule has 1 aromatic heterocycles. The summed E-state index contributed by atoms with van der Waals surface area (Å²) in [6.07, 6.45) is 11.3. The van der Waals surface area contributed by atoms with Crippen molar-refractivity contribution in [1.82, 2.24) is 20.0 Å². The molecule has 0 radical (unpaired) electrons. The average molecular weight is 456 g/mol. The number of amides is 2. The molecule has 2 aromatic rings. The Labute approximate surface area is 199 Å². The Kier molecular flexibility index (Phi) is 4.66. The lowest BCUT2D eigenvalue weighted by Crippen LogP contribution is -2.59. The lowest BCUT2D eigenvalue weighted by molar-refractivity contribution is 0.0605. The van der Waals surface area contributed by atoms with Crippen LogP contribution in [-0.4, -0.2) is 50.8 Å². The van der Waals surface area contributed by atoms with Gasteiger partial charge in [0.2, 0.25) is 0 Å². The highest BCUT2D eigenvalue weighted by molar-refractivity contribution is 6.32. The molecule has 6 rings (SSSR count). The van der Waals surface area contributed by atoms with Crippen molar-refractivity contribution in [2.24, 2.45) is 4.99 Å². The van der Waals surface area contributed by atoms with Crippen LogP contribution in [0.25, 0.3) is 5.57 Å². The van der Waals surface area contributed by atoms with E-state index in [0.717, 1.165) is 64.9 Å². The number of benzene rings is 1. The smallest absolute Gasteiger partial charge is 0.272 e. The summed E-state index contributed by atoms with van der Waals surface area (Å²) >= 11 is 0. The third kappa shape index (κ3) is 3.25. The summed E-state index contributed by atoms with van der Waals surface area (Å²) in [5.74, 6) is -0.0453. The Morgan fingerprint density at radius 1 is 1.21 bits per heavy atom. The van der Waals surface area contributed by atoms with Crippen molar-refractivity contribution < 1.29 is 9.59 Å². The van der Waals surface area contributed by atoms with Crippen molar-refractivity contribution in [2.45, 2.75) is 58.0 Å². The number of carbonyl (C=O) groups excluding carboxylic acids is 2. The normalized spacial score (nSPS) is 20.0. The molecule has 7 heteroatoms. The minimum Gasteiger partial charge on any atom is -0.345 e. The van der Waals surface area contributed by atoms with Crippen LogP contribution in [0.3, 0.4) is 0 Å². The first-order chi connectivity index (χ1) is 16.3. The van der Waals surface area contributed by atoms with Crippen LogP contribution in [0.15, 0.2) is 41.6 Å². The van der Waals surface area contributed by atoms with E-state index < -0.39 is 0 Å². The average Bonchev–Trinajstić information content (AvgIpc) is 3.40. The molecule has 0 atom stereocenters. The largest absolute Gasteiger partial charge is 0.345 e. The minimum atomic E-state index is -0.312. The molecule has 34 heavy (non-hydrogen) atoms. The lowest BCUT2D eigenvalue weighted by atomic mass is 9.79. The molecule has 0 saturated carbocycles. The molecule has 1 aliphatic carbocycles. The molecule has 2 amide bonds. The number of likely N-dealkylation sites (tertiary alicyclic amines) is 1. The second-order valence-electron chi connectivity index (χ2n) is 10.3. The molecular weight excluding hydrogens is 426 g/mol. The number of aryl methyl sites for hydroxylation is 1. The summed E-state index contributed by atoms with van der Waals surface area (Å²) in [6.45, 7) is 7.37. The van der Waals surface area contributed by atoms with E-state index in [1.54, 1.807) is 0 Å². The number of nitrogens with one attached hydrogen (secondary N) is 1. The van der Waals surface area contributed by atoms with E-state index in [0.29, 0.717) is 18.8 Å². The number of aliphatic imine (C=N–C) groups is 1. The summed E-state index contributed by atoms with van der Waals surface area (Å²) in [5.41, 5.74) is 6.99. The Balaban J connectivity index is 1.24. The zero-order chi connectivity index (χ0) is 23.6. The molecule has 0 bridgehead atoms. The van der Waals surface area contributed by atoms with Gasteiger partial charge < -0.3 is 10.2 Å². The van der Waals surface area contributed by atoms with Gasteiger partial charge in [0.15, 0.2) is 5.69 Å². The topological polar surface area (TPSA) is 79.6 Å². The van der Waals surface area contributed by atoms with Gasteiger partial charge in [0.25, 0.3) is 11.8 Å². The van der Waals surface area contributed by atoms with Gasteiger partial charge in [-0.05, 0) is 57.7 Å². The number of nitrogens with zero attached hydrogens (tertiary/aromatic N) is 4. The molecular formula is C27H29N5O2. The first-order valence-electron chi connectivity index (χ1n) is 12.1. The van der Waals surface area contributed by atoms with E-state index in [-0.39, 0.29) is 23.4 Å². The maximum atomic E-state index is 13.7. The summed E-state index contributed by atoms with van der Waals surface area (Å²) < 4.78 is 1.87. The third-order valence-electron chi connectivity index (χ3n) is 7.51. The molecule has 1 aromatic carbocycles. The molecule has 174 valence electrons. The van der Waals surface area contributed by atoms with Crippen molar-refractivity contribution in [2.75, 3.05) is 13.1 Å². The molecule has 1 saturated heterocycles. The van der Waals surface area contributed by atoms with E-state index in [1.165, 1.54) is 0 Å². The van der Waals surface area contributed by atoms with Gasteiger partial charge in [-0.2, -0.15) is 5.10 Å². The summed E-state index contributed by atoms with van der Waals surface area (Å²) in [7, 11) is 0. The molecule has 1 spiro atoms. The summed E-state index contributed by atoms with van der Waals surface area (Å²) in [6, 6.07) is 4.28. The molecule has 4 heterocycles. The Morgan fingerprint density at radius 3 is 2.76 bits per heavy atom. The van der Waals surface area contributed by atoms with E-state index in [9.17, 15) is 9.59 Å². The second kappa shape index (κ2) is 7.52. The second-order valence-corrected chi connectivity index (χ2v) is 10.3. The molecule has 4 aliphatic rings. The van der Waals surface area contributed by atoms with E-state index in [2.05, 4.69) is 42.5 Å². The van der Waals surface area contributed by atoms with Gasteiger partial charge >= 0.3 is 0 Å². The van der Waals surface area contributed by atoms with E-state index in [4.69, 9.17) is 4.99 Å². The van der Waals surface area contributed by atoms with Gasteiger partial charge in [-0.15, -0.1) is 0 Å². The van der Waals surface area contributed by atoms with Crippen LogP contribution in [0.5, 0.6) is 0 Å². The summed E-state index contributed by atoms with van der Waals surface area (Å²) in [5, 5.41) is 7.73. The fraction of sp³-hybridized carbons (Fsp3) is 0.407. The fourth-order valence-corrected chi connectivity index (χ4v) is 5.67. The number of rotatable bonds is 2. The van der Waals surface area contributed by atoms with Crippen LogP contribution in [0.1, 0.15) is 76.7 Å². The van der Waals surface area contributed by atoms with E-state index in [1.807, 2.05) is 34.8 Å². The third-order valence-corrected chi connectivity index (χ3v) is 7.51. The van der Waals surface area contributed by atoms with Crippen molar-refractivity contribution in [1.29, 1.82) is 0 Å². The van der Waals surface area contributed by atoms with Crippen LogP contribution >= 0.6 is 0 Å². The zero-order valence-corrected chi connectivity index (χ0v) is 19.9. The van der Waals surface area contributed by atoms with Gasteiger partial charge in [0.05, 0.1) is 11.4 Å². The van der Waals surface area contributed by atoms with Gasteiger partial charge in [-0.3, -0.25) is 19.3 Å². The van der Waals surface area contributed by atoms with Gasteiger partial charge in [-0.25, -0.2) is 0 Å². The van der Waals surface area contributed by atoms with Crippen molar-refractivity contribution in [3.8, 4) is 0 Å². The number of carbonyl (C=O) groups is 2. The number of aromatic nitrogens is 2. The van der Waals surface area contributed by atoms with Crippen molar-refractivity contribution in [3.63, 3.8) is 0 Å². The van der Waals surface area contributed by atoms with Crippen LogP contribution in [0.4, 0.5) is 5.69 Å². The number of hydrogen-bond donors (Lipinski definition) is 1. The molecule has 1 N–H and O–H groups in total. The predicted molar refractivity (Wildman–Crippen MR) is 132 cm³/mol. The van der Waals surface area contributed by atoms with Crippen molar-refractivity contribution >= 4 is 28.8 Å². The standard InChI is InChI=1S/C27H29N5O2/c1-16(2)32-15-18-14-27(29-25(33)24(18)30-32)8-10-31(11-9-27)26(34)20-12-17(3)13-22-23(20)19-6-4-5-7-21(19)28-22/h4-6,12-13,15-16H,7-11,14H2,1-3H3,(H,29,33). The van der Waals surface area contributed by atoms with Gasteiger partial charge in [0.1, 0.15) is 0 Å². The SMILES string of the molecule is Cc1cc2c(c(C(=O)N3CCC4(CC3)Cc3cn(C(C)C)nc3C(=O)N4)c1)C1=CC=CCC1=N2. The zero-order valence-electron chi connectivity index (χ0n) is 19.9. The molecule has 1 fully saturated rings. The Morgan fingerprint density at radius 2 is 2.00 bits per heavy atom. The summed E-state index contributed by atoms with van der Waals surface area (Å²) in [4.78, 5) is 33.3. The van der Waals surface area contributed by atoms with Gasteiger partial charge in [0, 0.05) is 59.6 Å².